The second-order valence-electron chi connectivity index (χ2n) is 6.13. The minimum Gasteiger partial charge on any atom is -0.463 e. The summed E-state index contributed by atoms with van der Waals surface area (Å²) >= 11 is 0. The van der Waals surface area contributed by atoms with E-state index in [4.69, 9.17) is 9.47 Å². The van der Waals surface area contributed by atoms with E-state index in [1.165, 1.54) is 12.1 Å². The van der Waals surface area contributed by atoms with Crippen LogP contribution in [0.25, 0.3) is 0 Å². The van der Waals surface area contributed by atoms with E-state index in [1.54, 1.807) is 19.1 Å². The molecule has 1 fully saturated rings. The van der Waals surface area contributed by atoms with E-state index in [2.05, 4.69) is 15.5 Å². The summed E-state index contributed by atoms with van der Waals surface area (Å²) in [5, 5.41) is 5.30. The van der Waals surface area contributed by atoms with Crippen LogP contribution in [0.5, 0.6) is 0 Å². The minimum atomic E-state index is -0.432. The van der Waals surface area contributed by atoms with Crippen LogP contribution < -0.4 is 10.6 Å². The average Bonchev–Trinajstić information content (AvgIpc) is 2.63. The molecule has 1 atom stereocenters. The predicted octanol–water partition coefficient (Wildman–Crippen LogP) is 1.33. The van der Waals surface area contributed by atoms with Crippen LogP contribution in [-0.4, -0.2) is 56.3 Å². The van der Waals surface area contributed by atoms with Gasteiger partial charge in [0.15, 0.2) is 0 Å². The van der Waals surface area contributed by atoms with Gasteiger partial charge in [0, 0.05) is 25.3 Å². The second kappa shape index (κ2) is 8.29. The molecule has 0 radical (unpaired) electrons. The minimum absolute atomic E-state index is 0.145. The molecule has 2 amide bonds. The summed E-state index contributed by atoms with van der Waals surface area (Å²) in [5.74, 6) is -0.721. The zero-order valence-corrected chi connectivity index (χ0v) is 14.6. The third kappa shape index (κ3) is 4.39. The SMILES string of the molecule is CCOC(=O)C1=C(CN2CCO[C@@H](c3ccc(F)cc3)C2)NC(=O)NC1. The molecule has 0 aliphatic carbocycles. The van der Waals surface area contributed by atoms with Gasteiger partial charge in [0.2, 0.25) is 0 Å². The van der Waals surface area contributed by atoms with Crippen LogP contribution in [0, 0.1) is 5.82 Å². The molecule has 1 aromatic carbocycles. The fraction of sp³-hybridized carbons (Fsp3) is 0.444. The number of morpholine rings is 1. The maximum absolute atomic E-state index is 13.1. The van der Waals surface area contributed by atoms with E-state index in [-0.39, 0.29) is 31.1 Å². The summed E-state index contributed by atoms with van der Waals surface area (Å²) in [6.45, 7) is 4.32. The Bertz CT molecular complexity index is 705. The fourth-order valence-corrected chi connectivity index (χ4v) is 3.03. The van der Waals surface area contributed by atoms with Crippen LogP contribution in [0.1, 0.15) is 18.6 Å². The first kappa shape index (κ1) is 18.3. The Balaban J connectivity index is 1.72. The van der Waals surface area contributed by atoms with Gasteiger partial charge in [-0.1, -0.05) is 12.1 Å². The molecule has 7 nitrogen and oxygen atoms in total. The maximum Gasteiger partial charge on any atom is 0.337 e. The Labute approximate surface area is 151 Å². The van der Waals surface area contributed by atoms with Gasteiger partial charge in [-0.25, -0.2) is 14.0 Å². The van der Waals surface area contributed by atoms with E-state index < -0.39 is 5.97 Å². The van der Waals surface area contributed by atoms with Gasteiger partial charge < -0.3 is 20.1 Å². The summed E-state index contributed by atoms with van der Waals surface area (Å²) in [6.07, 6.45) is -0.187. The van der Waals surface area contributed by atoms with E-state index >= 15 is 0 Å². The average molecular weight is 363 g/mol. The van der Waals surface area contributed by atoms with Gasteiger partial charge in [-0.3, -0.25) is 4.90 Å². The normalized spacial score (nSPS) is 21.2. The molecule has 0 aromatic heterocycles. The van der Waals surface area contributed by atoms with Gasteiger partial charge in [0.1, 0.15) is 5.82 Å². The molecule has 26 heavy (non-hydrogen) atoms. The summed E-state index contributed by atoms with van der Waals surface area (Å²) in [5.41, 5.74) is 1.87. The molecule has 1 saturated heterocycles. The number of carbonyl (C=O) groups excluding carboxylic acids is 2. The Kier molecular flexibility index (Phi) is 5.85. The zero-order valence-electron chi connectivity index (χ0n) is 14.6. The summed E-state index contributed by atoms with van der Waals surface area (Å²) in [7, 11) is 0. The number of ether oxygens (including phenoxy) is 2. The molecular formula is C18H22FN3O4. The monoisotopic (exact) mass is 363 g/mol. The van der Waals surface area contributed by atoms with Crippen LogP contribution in [0.4, 0.5) is 9.18 Å². The van der Waals surface area contributed by atoms with E-state index in [0.717, 1.165) is 5.56 Å². The highest BCUT2D eigenvalue weighted by Crippen LogP contribution is 2.23. The number of halogens is 1. The molecule has 2 aliphatic rings. The fourth-order valence-electron chi connectivity index (χ4n) is 3.03. The van der Waals surface area contributed by atoms with Crippen LogP contribution in [0.2, 0.25) is 0 Å². The number of nitrogens with zero attached hydrogens (tertiary/aromatic N) is 1. The van der Waals surface area contributed by atoms with Crippen molar-refractivity contribution in [3.8, 4) is 0 Å². The smallest absolute Gasteiger partial charge is 0.337 e. The lowest BCUT2D eigenvalue weighted by Crippen LogP contribution is -2.48. The number of urea groups is 1. The topological polar surface area (TPSA) is 79.9 Å². The first-order valence-corrected chi connectivity index (χ1v) is 8.60. The first-order valence-electron chi connectivity index (χ1n) is 8.60. The number of hydrogen-bond acceptors (Lipinski definition) is 5. The van der Waals surface area contributed by atoms with E-state index in [1.807, 2.05) is 0 Å². The van der Waals surface area contributed by atoms with Gasteiger partial charge in [0.05, 0.1) is 31.4 Å². The third-order valence-electron chi connectivity index (χ3n) is 4.35. The summed E-state index contributed by atoms with van der Waals surface area (Å²) < 4.78 is 24.0. The molecule has 1 aromatic rings. The predicted molar refractivity (Wildman–Crippen MR) is 91.7 cm³/mol. The van der Waals surface area contributed by atoms with Crippen molar-refractivity contribution >= 4 is 12.0 Å². The molecule has 0 spiro atoms. The van der Waals surface area contributed by atoms with Gasteiger partial charge in [0.25, 0.3) is 0 Å². The van der Waals surface area contributed by atoms with E-state index in [0.29, 0.717) is 37.5 Å². The quantitative estimate of drug-likeness (QED) is 0.772. The Morgan fingerprint density at radius 3 is 2.88 bits per heavy atom. The van der Waals surface area contributed by atoms with Crippen LogP contribution >= 0.6 is 0 Å². The molecule has 140 valence electrons. The standard InChI is InChI=1S/C18H22FN3O4/c1-2-25-17(23)14-9-20-18(24)21-15(14)10-22-7-8-26-16(11-22)12-3-5-13(19)6-4-12/h3-6,16H,2,7-11H2,1H3,(H2,20,21,24)/t16-/m1/s1. The summed E-state index contributed by atoms with van der Waals surface area (Å²) in [4.78, 5) is 25.9. The van der Waals surface area contributed by atoms with Crippen molar-refractivity contribution in [2.45, 2.75) is 13.0 Å². The third-order valence-corrected chi connectivity index (χ3v) is 4.35. The highest BCUT2D eigenvalue weighted by Gasteiger charge is 2.28. The molecule has 0 bridgehead atoms. The van der Waals surface area contributed by atoms with Gasteiger partial charge in [-0.2, -0.15) is 0 Å². The second-order valence-corrected chi connectivity index (χ2v) is 6.13. The molecule has 8 heteroatoms. The van der Waals surface area contributed by atoms with Crippen LogP contribution in [0.15, 0.2) is 35.5 Å². The number of benzene rings is 1. The molecule has 2 N–H and O–H groups in total. The Morgan fingerprint density at radius 1 is 1.38 bits per heavy atom. The van der Waals surface area contributed by atoms with Gasteiger partial charge in [-0.15, -0.1) is 0 Å². The molecule has 3 rings (SSSR count). The Morgan fingerprint density at radius 2 is 2.15 bits per heavy atom. The lowest BCUT2D eigenvalue weighted by molar-refractivity contribution is -0.138. The van der Waals surface area contributed by atoms with Crippen molar-refractivity contribution in [2.24, 2.45) is 0 Å². The first-order chi connectivity index (χ1) is 12.6. The summed E-state index contributed by atoms with van der Waals surface area (Å²) in [6, 6.07) is 5.90. The van der Waals surface area contributed by atoms with Crippen molar-refractivity contribution in [2.75, 3.05) is 39.4 Å². The number of nitrogens with one attached hydrogen (secondary N) is 2. The van der Waals surface area contributed by atoms with Crippen molar-refractivity contribution < 1.29 is 23.5 Å². The highest BCUT2D eigenvalue weighted by molar-refractivity contribution is 5.93. The number of rotatable bonds is 5. The number of amides is 2. The lowest BCUT2D eigenvalue weighted by atomic mass is 10.1. The van der Waals surface area contributed by atoms with Crippen molar-refractivity contribution in [3.05, 3.63) is 46.9 Å². The van der Waals surface area contributed by atoms with Crippen LogP contribution in [0.3, 0.4) is 0 Å². The highest BCUT2D eigenvalue weighted by atomic mass is 19.1. The molecule has 0 unspecified atom stereocenters. The van der Waals surface area contributed by atoms with E-state index in [9.17, 15) is 14.0 Å². The largest absolute Gasteiger partial charge is 0.463 e. The lowest BCUT2D eigenvalue weighted by Gasteiger charge is -2.34. The number of esters is 1. The Hall–Kier alpha value is -2.45. The molecule has 2 aliphatic heterocycles. The molecule has 0 saturated carbocycles. The number of carbonyl (C=O) groups is 2. The van der Waals surface area contributed by atoms with Crippen LogP contribution in [-0.2, 0) is 14.3 Å². The molecular weight excluding hydrogens is 341 g/mol. The number of hydrogen-bond donors (Lipinski definition) is 2. The zero-order chi connectivity index (χ0) is 18.5. The van der Waals surface area contributed by atoms with Crippen molar-refractivity contribution in [1.82, 2.24) is 15.5 Å². The molecule has 2 heterocycles. The van der Waals surface area contributed by atoms with Gasteiger partial charge in [-0.05, 0) is 24.6 Å². The van der Waals surface area contributed by atoms with Crippen molar-refractivity contribution in [3.63, 3.8) is 0 Å². The van der Waals surface area contributed by atoms with Gasteiger partial charge >= 0.3 is 12.0 Å². The maximum atomic E-state index is 13.1. The van der Waals surface area contributed by atoms with Crippen molar-refractivity contribution in [1.29, 1.82) is 0 Å².